The lowest BCUT2D eigenvalue weighted by Gasteiger charge is -2.51. The number of halogens is 1. The van der Waals surface area contributed by atoms with Crippen LogP contribution >= 0.6 is 11.6 Å². The highest BCUT2D eigenvalue weighted by Gasteiger charge is 2.50. The van der Waals surface area contributed by atoms with Crippen LogP contribution in [-0.2, 0) is 9.53 Å². The number of amides is 2. The molecule has 5 rings (SSSR count). The lowest BCUT2D eigenvalue weighted by atomic mass is 9.63. The Kier molecular flexibility index (Phi) is 8.04. The van der Waals surface area contributed by atoms with Crippen LogP contribution in [-0.4, -0.2) is 78.6 Å². The first kappa shape index (κ1) is 27.8. The number of carbonyl (C=O) groups excluding carboxylic acids is 2. The Hall–Kier alpha value is -1.79. The third-order valence-electron chi connectivity index (χ3n) is 10.4. The Morgan fingerprint density at radius 3 is 2.29 bits per heavy atom. The normalized spacial score (nSPS) is 29.6. The van der Waals surface area contributed by atoms with Crippen molar-refractivity contribution in [3.05, 3.63) is 34.9 Å². The molecule has 2 aliphatic heterocycles. The lowest BCUT2D eigenvalue weighted by molar-refractivity contribution is -0.139. The van der Waals surface area contributed by atoms with Crippen molar-refractivity contribution in [2.24, 2.45) is 17.3 Å². The minimum absolute atomic E-state index is 0.00162. The highest BCUT2D eigenvalue weighted by molar-refractivity contribution is 6.30. The molecular formula is C31H46ClN3O3. The molecule has 4 aliphatic rings. The van der Waals surface area contributed by atoms with Gasteiger partial charge in [0.05, 0.1) is 5.54 Å². The fraction of sp³-hybridized carbons (Fsp3) is 0.742. The van der Waals surface area contributed by atoms with Crippen LogP contribution in [0.25, 0.3) is 0 Å². The summed E-state index contributed by atoms with van der Waals surface area (Å²) in [5, 5.41) is 0.735. The number of cyclic esters (lactones) is 1. The minimum Gasteiger partial charge on any atom is -0.447 e. The topological polar surface area (TPSA) is 53.1 Å². The van der Waals surface area contributed by atoms with Crippen molar-refractivity contribution in [2.45, 2.75) is 89.1 Å². The summed E-state index contributed by atoms with van der Waals surface area (Å²) in [4.78, 5) is 33.3. The number of rotatable bonds is 6. The Labute approximate surface area is 234 Å². The molecule has 2 aliphatic carbocycles. The first-order valence-corrected chi connectivity index (χ1v) is 15.1. The molecular weight excluding hydrogens is 498 g/mol. The van der Waals surface area contributed by atoms with E-state index in [4.69, 9.17) is 16.3 Å². The summed E-state index contributed by atoms with van der Waals surface area (Å²) in [5.41, 5.74) is 1.01. The zero-order valence-corrected chi connectivity index (χ0v) is 24.5. The molecule has 2 saturated carbocycles. The second-order valence-electron chi connectivity index (χ2n) is 13.3. The molecule has 0 N–H and O–H groups in total. The van der Waals surface area contributed by atoms with E-state index in [0.29, 0.717) is 24.5 Å². The highest BCUT2D eigenvalue weighted by atomic mass is 35.5. The van der Waals surface area contributed by atoms with Crippen molar-refractivity contribution in [3.63, 3.8) is 0 Å². The molecule has 6 nitrogen and oxygen atoms in total. The number of ether oxygens (including phenoxy) is 1. The highest BCUT2D eigenvalue weighted by Crippen LogP contribution is 2.49. The zero-order valence-electron chi connectivity index (χ0n) is 23.8. The average Bonchev–Trinajstić information content (AvgIpc) is 3.47. The van der Waals surface area contributed by atoms with Crippen molar-refractivity contribution in [3.8, 4) is 0 Å². The van der Waals surface area contributed by atoms with E-state index >= 15 is 0 Å². The van der Waals surface area contributed by atoms with Crippen LogP contribution < -0.4 is 0 Å². The second kappa shape index (κ2) is 11.0. The number of carbonyl (C=O) groups is 2. The van der Waals surface area contributed by atoms with E-state index in [1.807, 2.05) is 17.0 Å². The molecule has 0 aromatic heterocycles. The van der Waals surface area contributed by atoms with Crippen molar-refractivity contribution in [2.75, 3.05) is 40.3 Å². The maximum Gasteiger partial charge on any atom is 0.410 e. The van der Waals surface area contributed by atoms with Gasteiger partial charge in [-0.1, -0.05) is 43.0 Å². The second-order valence-corrected chi connectivity index (χ2v) is 13.8. The van der Waals surface area contributed by atoms with Crippen LogP contribution in [0.1, 0.15) is 83.1 Å². The zero-order chi connectivity index (χ0) is 27.1. The summed E-state index contributed by atoms with van der Waals surface area (Å²) in [5.74, 6) is 1.15. The third-order valence-corrected chi connectivity index (χ3v) is 10.7. The smallest absolute Gasteiger partial charge is 0.410 e. The van der Waals surface area contributed by atoms with Gasteiger partial charge in [0.15, 0.2) is 0 Å². The molecule has 210 valence electrons. The summed E-state index contributed by atoms with van der Waals surface area (Å²) in [6.45, 7) is 7.01. The third kappa shape index (κ3) is 5.45. The molecule has 7 heteroatoms. The number of hydrogen-bond donors (Lipinski definition) is 0. The number of piperidine rings is 1. The summed E-state index contributed by atoms with van der Waals surface area (Å²) >= 11 is 6.18. The van der Waals surface area contributed by atoms with E-state index in [9.17, 15) is 9.59 Å². The van der Waals surface area contributed by atoms with Crippen LogP contribution in [0.3, 0.4) is 0 Å². The molecule has 2 heterocycles. The molecule has 0 spiro atoms. The van der Waals surface area contributed by atoms with Gasteiger partial charge in [-0.2, -0.15) is 0 Å². The maximum atomic E-state index is 14.1. The Balaban J connectivity index is 1.33. The first-order chi connectivity index (χ1) is 18.1. The summed E-state index contributed by atoms with van der Waals surface area (Å²) in [6, 6.07) is 8.51. The number of nitrogens with zero attached hydrogens (tertiary/aromatic N) is 3. The molecule has 4 fully saturated rings. The number of likely N-dealkylation sites (tertiary alicyclic amines) is 1. The van der Waals surface area contributed by atoms with Gasteiger partial charge in [0.2, 0.25) is 5.91 Å². The lowest BCUT2D eigenvalue weighted by Crippen LogP contribution is -2.55. The van der Waals surface area contributed by atoms with Gasteiger partial charge in [0, 0.05) is 36.6 Å². The van der Waals surface area contributed by atoms with E-state index in [1.54, 1.807) is 0 Å². The van der Waals surface area contributed by atoms with Gasteiger partial charge in [-0.15, -0.1) is 0 Å². The predicted octanol–water partition coefficient (Wildman–Crippen LogP) is 6.18. The van der Waals surface area contributed by atoms with Gasteiger partial charge < -0.3 is 14.5 Å². The minimum atomic E-state index is -0.275. The van der Waals surface area contributed by atoms with Gasteiger partial charge in [-0.25, -0.2) is 4.79 Å². The molecule has 3 atom stereocenters. The van der Waals surface area contributed by atoms with Gasteiger partial charge in [0.25, 0.3) is 0 Å². The van der Waals surface area contributed by atoms with E-state index in [0.717, 1.165) is 50.3 Å². The number of hydrogen-bond acceptors (Lipinski definition) is 4. The van der Waals surface area contributed by atoms with E-state index in [2.05, 4.69) is 49.9 Å². The van der Waals surface area contributed by atoms with Crippen molar-refractivity contribution < 1.29 is 14.3 Å². The molecule has 2 saturated heterocycles. The molecule has 1 aromatic carbocycles. The predicted molar refractivity (Wildman–Crippen MR) is 151 cm³/mol. The van der Waals surface area contributed by atoms with Gasteiger partial charge in [-0.3, -0.25) is 9.69 Å². The van der Waals surface area contributed by atoms with Crippen LogP contribution in [0.5, 0.6) is 0 Å². The van der Waals surface area contributed by atoms with Crippen LogP contribution in [0.15, 0.2) is 24.3 Å². The fourth-order valence-corrected chi connectivity index (χ4v) is 7.96. The largest absolute Gasteiger partial charge is 0.447 e. The quantitative estimate of drug-likeness (QED) is 0.429. The van der Waals surface area contributed by atoms with Gasteiger partial charge >= 0.3 is 6.09 Å². The van der Waals surface area contributed by atoms with Crippen LogP contribution in [0.2, 0.25) is 5.02 Å². The summed E-state index contributed by atoms with van der Waals surface area (Å²) in [7, 11) is 4.25. The van der Waals surface area contributed by atoms with E-state index < -0.39 is 0 Å². The monoisotopic (exact) mass is 543 g/mol. The van der Waals surface area contributed by atoms with E-state index in [-0.39, 0.29) is 28.9 Å². The molecule has 38 heavy (non-hydrogen) atoms. The average molecular weight is 544 g/mol. The first-order valence-electron chi connectivity index (χ1n) is 14.7. The molecule has 1 aromatic rings. The van der Waals surface area contributed by atoms with Gasteiger partial charge in [-0.05, 0) is 101 Å². The van der Waals surface area contributed by atoms with Crippen molar-refractivity contribution >= 4 is 23.6 Å². The molecule has 0 bridgehead atoms. The summed E-state index contributed by atoms with van der Waals surface area (Å²) < 4.78 is 5.48. The maximum absolute atomic E-state index is 14.1. The van der Waals surface area contributed by atoms with Gasteiger partial charge in [0.1, 0.15) is 6.61 Å². The molecule has 0 radical (unpaired) electrons. The van der Waals surface area contributed by atoms with Crippen LogP contribution in [0.4, 0.5) is 4.79 Å². The fourth-order valence-electron chi connectivity index (χ4n) is 7.84. The van der Waals surface area contributed by atoms with Crippen molar-refractivity contribution in [1.82, 2.24) is 14.7 Å². The Morgan fingerprint density at radius 2 is 1.71 bits per heavy atom. The SMILES string of the molecule is CN(C)C1CC(C(=O)N2CCC(CN3C(=O)OCC3(C)C)(C3CCCCC3)CC2)C(c2ccc(Cl)cc2)C1. The van der Waals surface area contributed by atoms with Crippen molar-refractivity contribution in [1.29, 1.82) is 0 Å². The number of benzene rings is 1. The summed E-state index contributed by atoms with van der Waals surface area (Å²) in [6.07, 6.45) is 10.0. The Morgan fingerprint density at radius 1 is 1.05 bits per heavy atom. The van der Waals surface area contributed by atoms with E-state index in [1.165, 1.54) is 37.7 Å². The molecule has 3 unspecified atom stereocenters. The Bertz CT molecular complexity index is 996. The van der Waals surface area contributed by atoms with Crippen LogP contribution in [0, 0.1) is 17.3 Å². The molecule has 2 amide bonds. The standard InChI is InChI=1S/C31H46ClN3O3/c1-30(2)21-38-29(37)35(30)20-31(23-8-6-5-7-9-23)14-16-34(17-15-31)28(36)27-19-25(33(3)4)18-26(27)22-10-12-24(32)13-11-22/h10-13,23,25-27H,5-9,14-21H2,1-4H3.